The monoisotopic (exact) mass is 327 g/mol. The van der Waals surface area contributed by atoms with E-state index in [1.807, 2.05) is 29.1 Å². The SMILES string of the molecule is CCC[C@H](C(=O)NC1CCN(S(C)(=O)=O)CC1)n1cccc1. The minimum atomic E-state index is -3.12. The fraction of sp³-hybridized carbons (Fsp3) is 0.667. The molecule has 1 aromatic heterocycles. The number of hydrogen-bond acceptors (Lipinski definition) is 3. The van der Waals surface area contributed by atoms with E-state index in [-0.39, 0.29) is 18.0 Å². The lowest BCUT2D eigenvalue weighted by molar-refractivity contribution is -0.125. The molecule has 0 aromatic carbocycles. The van der Waals surface area contributed by atoms with Crippen molar-refractivity contribution in [1.82, 2.24) is 14.2 Å². The van der Waals surface area contributed by atoms with Gasteiger partial charge >= 0.3 is 0 Å². The van der Waals surface area contributed by atoms with Crippen molar-refractivity contribution in [2.24, 2.45) is 0 Å². The van der Waals surface area contributed by atoms with Crippen LogP contribution in [0.25, 0.3) is 0 Å². The Hall–Kier alpha value is -1.34. The zero-order chi connectivity index (χ0) is 16.2. The van der Waals surface area contributed by atoms with E-state index in [9.17, 15) is 13.2 Å². The van der Waals surface area contributed by atoms with Gasteiger partial charge in [0, 0.05) is 31.5 Å². The predicted molar refractivity (Wildman–Crippen MR) is 86.0 cm³/mol. The maximum Gasteiger partial charge on any atom is 0.243 e. The van der Waals surface area contributed by atoms with Gasteiger partial charge in [-0.05, 0) is 31.4 Å². The number of carbonyl (C=O) groups is 1. The maximum absolute atomic E-state index is 12.5. The number of amides is 1. The topological polar surface area (TPSA) is 71.4 Å². The van der Waals surface area contributed by atoms with Gasteiger partial charge in [0.25, 0.3) is 0 Å². The van der Waals surface area contributed by atoms with Crippen LogP contribution < -0.4 is 5.32 Å². The molecule has 1 aromatic rings. The number of piperidine rings is 1. The summed E-state index contributed by atoms with van der Waals surface area (Å²) in [6.07, 6.45) is 8.12. The van der Waals surface area contributed by atoms with Crippen molar-refractivity contribution < 1.29 is 13.2 Å². The summed E-state index contributed by atoms with van der Waals surface area (Å²) in [5.41, 5.74) is 0. The first-order valence-electron chi connectivity index (χ1n) is 7.79. The minimum Gasteiger partial charge on any atom is -0.351 e. The third-order valence-electron chi connectivity index (χ3n) is 4.12. The first-order chi connectivity index (χ1) is 10.4. The van der Waals surface area contributed by atoms with Crippen LogP contribution >= 0.6 is 0 Å². The molecule has 1 saturated heterocycles. The zero-order valence-corrected chi connectivity index (χ0v) is 14.1. The van der Waals surface area contributed by atoms with E-state index in [2.05, 4.69) is 12.2 Å². The van der Waals surface area contributed by atoms with Crippen molar-refractivity contribution in [1.29, 1.82) is 0 Å². The van der Waals surface area contributed by atoms with Crippen molar-refractivity contribution in [3.8, 4) is 0 Å². The van der Waals surface area contributed by atoms with E-state index >= 15 is 0 Å². The number of aromatic nitrogens is 1. The van der Waals surface area contributed by atoms with Gasteiger partial charge in [0.05, 0.1) is 6.26 Å². The minimum absolute atomic E-state index is 0.0239. The van der Waals surface area contributed by atoms with E-state index in [4.69, 9.17) is 0 Å². The van der Waals surface area contributed by atoms with Crippen LogP contribution in [0.1, 0.15) is 38.6 Å². The first kappa shape index (κ1) is 17.0. The number of hydrogen-bond donors (Lipinski definition) is 1. The summed E-state index contributed by atoms with van der Waals surface area (Å²) in [5, 5.41) is 3.08. The largest absolute Gasteiger partial charge is 0.351 e. The number of nitrogens with one attached hydrogen (secondary N) is 1. The smallest absolute Gasteiger partial charge is 0.243 e. The van der Waals surface area contributed by atoms with Gasteiger partial charge in [-0.2, -0.15) is 0 Å². The van der Waals surface area contributed by atoms with Gasteiger partial charge in [0.1, 0.15) is 6.04 Å². The molecule has 7 heteroatoms. The average Bonchev–Trinajstić information content (AvgIpc) is 2.98. The third-order valence-corrected chi connectivity index (χ3v) is 5.42. The summed E-state index contributed by atoms with van der Waals surface area (Å²) in [4.78, 5) is 12.5. The molecule has 124 valence electrons. The Bertz CT molecular complexity index is 575. The summed E-state index contributed by atoms with van der Waals surface area (Å²) >= 11 is 0. The van der Waals surface area contributed by atoms with E-state index in [1.165, 1.54) is 10.6 Å². The second-order valence-electron chi connectivity index (χ2n) is 5.88. The highest BCUT2D eigenvalue weighted by molar-refractivity contribution is 7.88. The normalized spacial score (nSPS) is 19.0. The van der Waals surface area contributed by atoms with Crippen LogP contribution in [0, 0.1) is 0 Å². The van der Waals surface area contributed by atoms with Crippen LogP contribution in [0.5, 0.6) is 0 Å². The quantitative estimate of drug-likeness (QED) is 0.858. The number of nitrogens with zero attached hydrogens (tertiary/aromatic N) is 2. The predicted octanol–water partition coefficient (Wildman–Crippen LogP) is 1.37. The summed E-state index contributed by atoms with van der Waals surface area (Å²) in [7, 11) is -3.12. The maximum atomic E-state index is 12.5. The van der Waals surface area contributed by atoms with E-state index in [0.717, 1.165) is 12.8 Å². The Labute approximate surface area is 132 Å². The standard InChI is InChI=1S/C15H25N3O3S/c1-3-6-14(17-9-4-5-10-17)15(19)16-13-7-11-18(12-8-13)22(2,20)21/h4-5,9-10,13-14H,3,6-8,11-12H2,1-2H3,(H,16,19)/t14-/m1/s1. The van der Waals surface area contributed by atoms with Crippen LogP contribution in [0.15, 0.2) is 24.5 Å². The Balaban J connectivity index is 1.92. The van der Waals surface area contributed by atoms with E-state index in [1.54, 1.807) is 0 Å². The van der Waals surface area contributed by atoms with Gasteiger partial charge in [0.2, 0.25) is 15.9 Å². The van der Waals surface area contributed by atoms with E-state index in [0.29, 0.717) is 25.9 Å². The molecular formula is C15H25N3O3S. The molecule has 0 saturated carbocycles. The molecule has 0 spiro atoms. The van der Waals surface area contributed by atoms with Gasteiger partial charge in [-0.25, -0.2) is 12.7 Å². The Morgan fingerprint density at radius 1 is 1.27 bits per heavy atom. The molecule has 0 bridgehead atoms. The Morgan fingerprint density at radius 2 is 1.86 bits per heavy atom. The van der Waals surface area contributed by atoms with Gasteiger partial charge in [-0.1, -0.05) is 13.3 Å². The number of rotatable bonds is 6. The molecule has 6 nitrogen and oxygen atoms in total. The van der Waals surface area contributed by atoms with Crippen LogP contribution in [0.4, 0.5) is 0 Å². The fourth-order valence-electron chi connectivity index (χ4n) is 2.87. The average molecular weight is 327 g/mol. The van der Waals surface area contributed by atoms with Crippen LogP contribution in [0.3, 0.4) is 0 Å². The van der Waals surface area contributed by atoms with Gasteiger partial charge in [0.15, 0.2) is 0 Å². The molecule has 22 heavy (non-hydrogen) atoms. The van der Waals surface area contributed by atoms with Crippen molar-refractivity contribution in [3.05, 3.63) is 24.5 Å². The molecule has 2 heterocycles. The molecule has 1 amide bonds. The molecule has 0 unspecified atom stereocenters. The van der Waals surface area contributed by atoms with Crippen molar-refractivity contribution >= 4 is 15.9 Å². The molecule has 1 aliphatic rings. The second kappa shape index (κ2) is 7.28. The fourth-order valence-corrected chi connectivity index (χ4v) is 3.75. The molecule has 1 atom stereocenters. The summed E-state index contributed by atoms with van der Waals surface area (Å²) < 4.78 is 26.4. The highest BCUT2D eigenvalue weighted by Crippen LogP contribution is 2.17. The molecule has 0 radical (unpaired) electrons. The lowest BCUT2D eigenvalue weighted by atomic mass is 10.1. The lowest BCUT2D eigenvalue weighted by Crippen LogP contribution is -2.47. The van der Waals surface area contributed by atoms with Gasteiger partial charge in [-0.15, -0.1) is 0 Å². The van der Waals surface area contributed by atoms with Crippen molar-refractivity contribution in [2.75, 3.05) is 19.3 Å². The van der Waals surface area contributed by atoms with Crippen molar-refractivity contribution in [3.63, 3.8) is 0 Å². The van der Waals surface area contributed by atoms with Crippen LogP contribution in [-0.4, -0.2) is 48.6 Å². The molecule has 2 rings (SSSR count). The second-order valence-corrected chi connectivity index (χ2v) is 7.86. The molecule has 1 fully saturated rings. The molecular weight excluding hydrogens is 302 g/mol. The Morgan fingerprint density at radius 3 is 2.36 bits per heavy atom. The van der Waals surface area contributed by atoms with Crippen molar-refractivity contribution in [2.45, 2.75) is 44.7 Å². The summed E-state index contributed by atoms with van der Waals surface area (Å²) in [6, 6.07) is 3.70. The van der Waals surface area contributed by atoms with Crippen LogP contribution in [-0.2, 0) is 14.8 Å². The molecule has 1 aliphatic heterocycles. The number of sulfonamides is 1. The van der Waals surface area contributed by atoms with Crippen LogP contribution in [0.2, 0.25) is 0 Å². The third kappa shape index (κ3) is 4.33. The highest BCUT2D eigenvalue weighted by atomic mass is 32.2. The zero-order valence-electron chi connectivity index (χ0n) is 13.2. The summed E-state index contributed by atoms with van der Waals surface area (Å²) in [6.45, 7) is 3.02. The molecule has 0 aliphatic carbocycles. The lowest BCUT2D eigenvalue weighted by Gasteiger charge is -2.31. The number of carbonyl (C=O) groups excluding carboxylic acids is 1. The van der Waals surface area contributed by atoms with E-state index < -0.39 is 10.0 Å². The molecule has 1 N–H and O–H groups in total. The first-order valence-corrected chi connectivity index (χ1v) is 9.64. The van der Waals surface area contributed by atoms with Gasteiger partial charge in [-0.3, -0.25) is 4.79 Å². The van der Waals surface area contributed by atoms with Gasteiger partial charge < -0.3 is 9.88 Å². The summed E-state index contributed by atoms with van der Waals surface area (Å²) in [5.74, 6) is 0.0239. The Kier molecular flexibility index (Phi) is 5.63. The highest BCUT2D eigenvalue weighted by Gasteiger charge is 2.27.